The highest BCUT2D eigenvalue weighted by molar-refractivity contribution is 6.01. The minimum absolute atomic E-state index is 0.00831. The molecule has 0 aromatic heterocycles. The van der Waals surface area contributed by atoms with Gasteiger partial charge in [0.05, 0.1) is 0 Å². The Morgan fingerprint density at radius 2 is 1.47 bits per heavy atom. The zero-order valence-electron chi connectivity index (χ0n) is 9.74. The number of alkyl halides is 3. The number of carbonyl (C=O) groups is 1. The Morgan fingerprint density at radius 1 is 0.895 bits per heavy atom. The number of rotatable bonds is 2. The first-order valence-corrected chi connectivity index (χ1v) is 5.51. The van der Waals surface area contributed by atoms with E-state index in [2.05, 4.69) is 0 Å². The van der Waals surface area contributed by atoms with Gasteiger partial charge >= 0.3 is 6.30 Å². The van der Waals surface area contributed by atoms with Crippen LogP contribution in [0, 0.1) is 0 Å². The number of hydrogen-bond acceptors (Lipinski definition) is 1. The molecule has 0 saturated heterocycles. The van der Waals surface area contributed by atoms with Gasteiger partial charge in [0.15, 0.2) is 0 Å². The van der Waals surface area contributed by atoms with Crippen molar-refractivity contribution in [3.63, 3.8) is 0 Å². The summed E-state index contributed by atoms with van der Waals surface area (Å²) in [6, 6.07) is 15.0. The Bertz CT molecular complexity index is 579. The van der Waals surface area contributed by atoms with E-state index < -0.39 is 12.2 Å². The van der Waals surface area contributed by atoms with Crippen LogP contribution in [0.5, 0.6) is 0 Å². The molecule has 0 aliphatic heterocycles. The fraction of sp³-hybridized carbons (Fsp3) is 0.0714. The number of nitrogens with one attached hydrogen (secondary N) is 1. The highest BCUT2D eigenvalue weighted by atomic mass is 19.4. The maximum atomic E-state index is 12.2. The summed E-state index contributed by atoms with van der Waals surface area (Å²) >= 11 is 0. The number of benzene rings is 2. The minimum Gasteiger partial charge on any atom is -0.269 e. The first-order valence-electron chi connectivity index (χ1n) is 5.51. The van der Waals surface area contributed by atoms with E-state index in [9.17, 15) is 18.0 Å². The van der Waals surface area contributed by atoms with Gasteiger partial charge in [-0.05, 0) is 17.2 Å². The van der Waals surface area contributed by atoms with Crippen molar-refractivity contribution >= 4 is 5.91 Å². The van der Waals surface area contributed by atoms with Crippen LogP contribution < -0.4 is 5.32 Å². The van der Waals surface area contributed by atoms with Crippen molar-refractivity contribution in [1.82, 2.24) is 5.32 Å². The molecule has 1 amide bonds. The van der Waals surface area contributed by atoms with Crippen molar-refractivity contribution in [2.24, 2.45) is 0 Å². The second-order valence-corrected chi connectivity index (χ2v) is 3.86. The zero-order chi connectivity index (χ0) is 13.9. The van der Waals surface area contributed by atoms with Crippen LogP contribution in [0.2, 0.25) is 0 Å². The third kappa shape index (κ3) is 3.34. The van der Waals surface area contributed by atoms with Crippen molar-refractivity contribution in [1.29, 1.82) is 0 Å². The van der Waals surface area contributed by atoms with E-state index >= 15 is 0 Å². The Balaban J connectivity index is 2.40. The van der Waals surface area contributed by atoms with Gasteiger partial charge in [0.1, 0.15) is 0 Å². The summed E-state index contributed by atoms with van der Waals surface area (Å²) in [5.74, 6) is -1.16. The summed E-state index contributed by atoms with van der Waals surface area (Å²) in [5.41, 5.74) is 1.14. The Morgan fingerprint density at radius 3 is 2.11 bits per heavy atom. The number of halogens is 3. The van der Waals surface area contributed by atoms with E-state index in [-0.39, 0.29) is 5.56 Å². The molecule has 98 valence electrons. The maximum Gasteiger partial charge on any atom is 0.484 e. The molecule has 0 radical (unpaired) electrons. The zero-order valence-corrected chi connectivity index (χ0v) is 9.74. The van der Waals surface area contributed by atoms with Gasteiger partial charge in [-0.15, -0.1) is 0 Å². The van der Waals surface area contributed by atoms with Crippen molar-refractivity contribution in [2.45, 2.75) is 6.30 Å². The molecule has 5 heteroatoms. The first-order chi connectivity index (χ1) is 8.97. The largest absolute Gasteiger partial charge is 0.484 e. The van der Waals surface area contributed by atoms with Gasteiger partial charge in [0.25, 0.3) is 5.91 Å². The lowest BCUT2D eigenvalue weighted by Crippen LogP contribution is -2.37. The first kappa shape index (κ1) is 13.1. The van der Waals surface area contributed by atoms with Gasteiger partial charge in [-0.2, -0.15) is 13.2 Å². The molecule has 0 aliphatic rings. The molecule has 0 aliphatic carbocycles. The summed E-state index contributed by atoms with van der Waals surface area (Å²) in [6.45, 7) is 0. The molecular formula is C14H10F3NO. The second-order valence-electron chi connectivity index (χ2n) is 3.86. The smallest absolute Gasteiger partial charge is 0.269 e. The molecule has 2 nitrogen and oxygen atoms in total. The standard InChI is InChI=1S/C14H10F3NO/c15-14(16,17)18-13(19)12-9-5-4-8-11(12)10-6-2-1-3-7-10/h1-9H,(H,18,19). The topological polar surface area (TPSA) is 29.1 Å². The Labute approximate surface area is 107 Å². The van der Waals surface area contributed by atoms with Gasteiger partial charge in [0, 0.05) is 5.56 Å². The van der Waals surface area contributed by atoms with Crippen LogP contribution in [0.1, 0.15) is 10.4 Å². The molecule has 0 spiro atoms. The third-order valence-electron chi connectivity index (χ3n) is 2.51. The summed E-state index contributed by atoms with van der Waals surface area (Å²) in [4.78, 5) is 11.6. The Kier molecular flexibility index (Phi) is 3.55. The maximum absolute atomic E-state index is 12.2. The summed E-state index contributed by atoms with van der Waals surface area (Å²) in [7, 11) is 0. The predicted molar refractivity (Wildman–Crippen MR) is 65.4 cm³/mol. The molecule has 0 fully saturated rings. The Hall–Kier alpha value is -2.30. The van der Waals surface area contributed by atoms with Crippen LogP contribution in [0.15, 0.2) is 54.6 Å². The number of amides is 1. The molecule has 0 bridgehead atoms. The molecule has 0 saturated carbocycles. The van der Waals surface area contributed by atoms with Crippen molar-refractivity contribution in [3.05, 3.63) is 60.2 Å². The van der Waals surface area contributed by atoms with Gasteiger partial charge in [-0.1, -0.05) is 48.5 Å². The van der Waals surface area contributed by atoms with Gasteiger partial charge in [-0.25, -0.2) is 0 Å². The molecule has 1 N–H and O–H groups in total. The van der Waals surface area contributed by atoms with Crippen LogP contribution in [0.3, 0.4) is 0 Å². The van der Waals surface area contributed by atoms with Crippen LogP contribution >= 0.6 is 0 Å². The van der Waals surface area contributed by atoms with Gasteiger partial charge < -0.3 is 0 Å². The monoisotopic (exact) mass is 265 g/mol. The van der Waals surface area contributed by atoms with E-state index in [4.69, 9.17) is 0 Å². The van der Waals surface area contributed by atoms with Crippen LogP contribution in [-0.2, 0) is 0 Å². The van der Waals surface area contributed by atoms with Crippen molar-refractivity contribution in [3.8, 4) is 11.1 Å². The molecule has 2 rings (SSSR count). The molecule has 0 atom stereocenters. The molecule has 0 unspecified atom stereocenters. The molecule has 2 aromatic rings. The fourth-order valence-corrected chi connectivity index (χ4v) is 1.75. The van der Waals surface area contributed by atoms with Crippen molar-refractivity contribution in [2.75, 3.05) is 0 Å². The van der Waals surface area contributed by atoms with Crippen LogP contribution in [-0.4, -0.2) is 12.2 Å². The highest BCUT2D eigenvalue weighted by Crippen LogP contribution is 2.24. The number of carbonyl (C=O) groups excluding carboxylic acids is 1. The van der Waals surface area contributed by atoms with E-state index in [1.165, 1.54) is 12.1 Å². The predicted octanol–water partition coefficient (Wildman–Crippen LogP) is 3.60. The lowest BCUT2D eigenvalue weighted by molar-refractivity contribution is -0.146. The normalized spacial score (nSPS) is 11.1. The quantitative estimate of drug-likeness (QED) is 0.826. The average Bonchev–Trinajstić information content (AvgIpc) is 2.38. The molecule has 19 heavy (non-hydrogen) atoms. The van der Waals surface area contributed by atoms with E-state index in [1.807, 2.05) is 0 Å². The SMILES string of the molecule is O=C(NC(F)(F)F)c1ccccc1-c1ccccc1. The minimum atomic E-state index is -4.74. The van der Waals surface area contributed by atoms with E-state index in [0.717, 1.165) is 5.32 Å². The molecule has 0 heterocycles. The second kappa shape index (κ2) is 5.14. The average molecular weight is 265 g/mol. The lowest BCUT2D eigenvalue weighted by atomic mass is 9.99. The number of hydrogen-bond donors (Lipinski definition) is 1. The van der Waals surface area contributed by atoms with Crippen LogP contribution in [0.25, 0.3) is 11.1 Å². The summed E-state index contributed by atoms with van der Waals surface area (Å²) in [6.07, 6.45) is -4.74. The highest BCUT2D eigenvalue weighted by Gasteiger charge is 2.31. The van der Waals surface area contributed by atoms with E-state index in [1.54, 1.807) is 42.5 Å². The van der Waals surface area contributed by atoms with Crippen LogP contribution in [0.4, 0.5) is 13.2 Å². The van der Waals surface area contributed by atoms with E-state index in [0.29, 0.717) is 11.1 Å². The fourth-order valence-electron chi connectivity index (χ4n) is 1.75. The van der Waals surface area contributed by atoms with Gasteiger partial charge in [-0.3, -0.25) is 10.1 Å². The van der Waals surface area contributed by atoms with Crippen molar-refractivity contribution < 1.29 is 18.0 Å². The summed E-state index contributed by atoms with van der Waals surface area (Å²) < 4.78 is 36.6. The molecular weight excluding hydrogens is 255 g/mol. The third-order valence-corrected chi connectivity index (χ3v) is 2.51. The van der Waals surface area contributed by atoms with Gasteiger partial charge in [0.2, 0.25) is 0 Å². The lowest BCUT2D eigenvalue weighted by Gasteiger charge is -2.12. The summed E-state index contributed by atoms with van der Waals surface area (Å²) in [5, 5.41) is 1.01. The molecule has 2 aromatic carbocycles.